The van der Waals surface area contributed by atoms with Crippen molar-refractivity contribution in [3.05, 3.63) is 57.8 Å². The third-order valence-electron chi connectivity index (χ3n) is 5.07. The third kappa shape index (κ3) is 4.46. The lowest BCUT2D eigenvalue weighted by molar-refractivity contribution is -0.384. The van der Waals surface area contributed by atoms with Crippen LogP contribution in [0.4, 0.5) is 5.69 Å². The normalized spacial score (nSPS) is 19.6. The summed E-state index contributed by atoms with van der Waals surface area (Å²) < 4.78 is 5.69. The fourth-order valence-electron chi connectivity index (χ4n) is 3.40. The Kier molecular flexibility index (Phi) is 5.90. The van der Waals surface area contributed by atoms with E-state index in [0.29, 0.717) is 23.0 Å². The van der Waals surface area contributed by atoms with Gasteiger partial charge in [-0.15, -0.1) is 0 Å². The van der Waals surface area contributed by atoms with E-state index in [1.165, 1.54) is 24.6 Å². The molecule has 28 heavy (non-hydrogen) atoms. The summed E-state index contributed by atoms with van der Waals surface area (Å²) in [6, 6.07) is 11.4. The van der Waals surface area contributed by atoms with Crippen molar-refractivity contribution in [3.8, 4) is 17.4 Å². The van der Waals surface area contributed by atoms with E-state index in [4.69, 9.17) is 4.42 Å². The van der Waals surface area contributed by atoms with Gasteiger partial charge in [-0.3, -0.25) is 14.9 Å². The van der Waals surface area contributed by atoms with Gasteiger partial charge in [-0.05, 0) is 43.0 Å². The predicted molar refractivity (Wildman–Crippen MR) is 104 cm³/mol. The zero-order valence-corrected chi connectivity index (χ0v) is 15.6. The molecule has 0 bridgehead atoms. The van der Waals surface area contributed by atoms with Gasteiger partial charge in [-0.1, -0.05) is 19.8 Å². The molecule has 1 aliphatic rings. The second kappa shape index (κ2) is 8.53. The van der Waals surface area contributed by atoms with E-state index in [1.54, 1.807) is 24.3 Å². The minimum absolute atomic E-state index is 0.00388. The number of hydrogen-bond donors (Lipinski definition) is 1. The highest BCUT2D eigenvalue weighted by molar-refractivity contribution is 6.01. The SMILES string of the molecule is C[C@H]1CCCC[C@@H]1NC(=O)/C(C#N)=C/c1ccc(-c2ccc([N+](=O)[O-])cc2)o1. The fraction of sp³-hybridized carbons (Fsp3) is 0.333. The Morgan fingerprint density at radius 1 is 1.25 bits per heavy atom. The van der Waals surface area contributed by atoms with Gasteiger partial charge in [0.25, 0.3) is 11.6 Å². The number of nitro benzene ring substituents is 1. The summed E-state index contributed by atoms with van der Waals surface area (Å²) in [5, 5.41) is 23.1. The number of nitriles is 1. The molecule has 7 heteroatoms. The third-order valence-corrected chi connectivity index (χ3v) is 5.07. The van der Waals surface area contributed by atoms with Crippen LogP contribution in [0.3, 0.4) is 0 Å². The average molecular weight is 379 g/mol. The van der Waals surface area contributed by atoms with Gasteiger partial charge in [0.1, 0.15) is 23.2 Å². The number of carbonyl (C=O) groups excluding carboxylic acids is 1. The highest BCUT2D eigenvalue weighted by atomic mass is 16.6. The summed E-state index contributed by atoms with van der Waals surface area (Å²) in [5.41, 5.74) is 0.655. The van der Waals surface area contributed by atoms with Crippen LogP contribution in [0.5, 0.6) is 0 Å². The average Bonchev–Trinajstić information content (AvgIpc) is 3.16. The lowest BCUT2D eigenvalue weighted by Gasteiger charge is -2.29. The van der Waals surface area contributed by atoms with E-state index >= 15 is 0 Å². The molecule has 1 amide bonds. The molecule has 144 valence electrons. The smallest absolute Gasteiger partial charge is 0.269 e. The van der Waals surface area contributed by atoms with Gasteiger partial charge in [0.15, 0.2) is 0 Å². The van der Waals surface area contributed by atoms with Crippen LogP contribution in [0, 0.1) is 27.4 Å². The molecule has 2 aromatic rings. The fourth-order valence-corrected chi connectivity index (χ4v) is 3.40. The van der Waals surface area contributed by atoms with Crippen LogP contribution in [0.1, 0.15) is 38.4 Å². The first kappa shape index (κ1) is 19.4. The van der Waals surface area contributed by atoms with E-state index in [9.17, 15) is 20.2 Å². The van der Waals surface area contributed by atoms with Crippen molar-refractivity contribution in [3.63, 3.8) is 0 Å². The molecule has 0 aliphatic heterocycles. The van der Waals surface area contributed by atoms with Gasteiger partial charge < -0.3 is 9.73 Å². The maximum atomic E-state index is 12.5. The molecular formula is C21H21N3O4. The second-order valence-electron chi connectivity index (χ2n) is 7.02. The van der Waals surface area contributed by atoms with Gasteiger partial charge in [-0.25, -0.2) is 0 Å². The van der Waals surface area contributed by atoms with Gasteiger partial charge in [0.2, 0.25) is 0 Å². The van der Waals surface area contributed by atoms with Crippen LogP contribution in [0.25, 0.3) is 17.4 Å². The molecule has 1 aromatic heterocycles. The number of carbonyl (C=O) groups is 1. The van der Waals surface area contributed by atoms with Crippen molar-refractivity contribution in [2.75, 3.05) is 0 Å². The highest BCUT2D eigenvalue weighted by Gasteiger charge is 2.24. The maximum Gasteiger partial charge on any atom is 0.269 e. The lowest BCUT2D eigenvalue weighted by atomic mass is 9.86. The number of non-ortho nitro benzene ring substituents is 1. The Bertz CT molecular complexity index is 937. The number of furan rings is 1. The van der Waals surface area contributed by atoms with Crippen LogP contribution in [0.15, 0.2) is 46.4 Å². The van der Waals surface area contributed by atoms with E-state index in [-0.39, 0.29) is 17.3 Å². The predicted octanol–water partition coefficient (Wildman–Crippen LogP) is 4.46. The van der Waals surface area contributed by atoms with Crippen molar-refractivity contribution in [2.24, 2.45) is 5.92 Å². The molecular weight excluding hydrogens is 358 g/mol. The van der Waals surface area contributed by atoms with E-state index < -0.39 is 10.8 Å². The van der Waals surface area contributed by atoms with Gasteiger partial charge >= 0.3 is 0 Å². The quantitative estimate of drug-likeness (QED) is 0.357. The number of nitrogens with zero attached hydrogens (tertiary/aromatic N) is 2. The summed E-state index contributed by atoms with van der Waals surface area (Å²) in [6.07, 6.45) is 5.67. The van der Waals surface area contributed by atoms with E-state index in [2.05, 4.69) is 12.2 Å². The first-order valence-electron chi connectivity index (χ1n) is 9.25. The monoisotopic (exact) mass is 379 g/mol. The van der Waals surface area contributed by atoms with Crippen LogP contribution in [-0.4, -0.2) is 16.9 Å². The first-order valence-corrected chi connectivity index (χ1v) is 9.25. The molecule has 1 aliphatic carbocycles. The summed E-state index contributed by atoms with van der Waals surface area (Å²) in [7, 11) is 0. The molecule has 2 atom stereocenters. The van der Waals surface area contributed by atoms with Crippen LogP contribution in [0.2, 0.25) is 0 Å². The van der Waals surface area contributed by atoms with E-state index in [1.807, 2.05) is 6.07 Å². The number of rotatable bonds is 5. The van der Waals surface area contributed by atoms with Gasteiger partial charge in [0, 0.05) is 29.8 Å². The topological polar surface area (TPSA) is 109 Å². The number of amides is 1. The number of benzene rings is 1. The summed E-state index contributed by atoms with van der Waals surface area (Å²) in [6.45, 7) is 2.11. The van der Waals surface area contributed by atoms with Crippen LogP contribution < -0.4 is 5.32 Å². The summed E-state index contributed by atoms with van der Waals surface area (Å²) in [5.74, 6) is 0.876. The Morgan fingerprint density at radius 2 is 1.96 bits per heavy atom. The molecule has 0 spiro atoms. The molecule has 0 unspecified atom stereocenters. The second-order valence-corrected chi connectivity index (χ2v) is 7.02. The minimum Gasteiger partial charge on any atom is -0.457 e. The van der Waals surface area contributed by atoms with E-state index in [0.717, 1.165) is 19.3 Å². The Balaban J connectivity index is 1.73. The highest BCUT2D eigenvalue weighted by Crippen LogP contribution is 2.26. The molecule has 1 fully saturated rings. The van der Waals surface area contributed by atoms with Crippen LogP contribution >= 0.6 is 0 Å². The number of hydrogen-bond acceptors (Lipinski definition) is 5. The molecule has 1 heterocycles. The molecule has 0 saturated heterocycles. The first-order chi connectivity index (χ1) is 13.5. The molecule has 3 rings (SSSR count). The van der Waals surface area contributed by atoms with Gasteiger partial charge in [0.05, 0.1) is 4.92 Å². The van der Waals surface area contributed by atoms with Crippen molar-refractivity contribution in [2.45, 2.75) is 38.6 Å². The van der Waals surface area contributed by atoms with Crippen molar-refractivity contribution in [1.29, 1.82) is 5.26 Å². The lowest BCUT2D eigenvalue weighted by Crippen LogP contribution is -2.41. The zero-order valence-electron chi connectivity index (χ0n) is 15.6. The molecule has 1 N–H and O–H groups in total. The summed E-state index contributed by atoms with van der Waals surface area (Å²) in [4.78, 5) is 22.7. The Labute approximate surface area is 162 Å². The molecule has 1 saturated carbocycles. The number of nitrogens with one attached hydrogen (secondary N) is 1. The maximum absolute atomic E-state index is 12.5. The standard InChI is InChI=1S/C21H21N3O4/c1-14-4-2-3-5-19(14)23-21(25)16(13-22)12-18-10-11-20(28-18)15-6-8-17(9-7-15)24(26)27/h6-12,14,19H,2-5H2,1H3,(H,23,25)/b16-12+/t14-,19-/m0/s1. The Hall–Kier alpha value is -3.40. The van der Waals surface area contributed by atoms with Crippen molar-refractivity contribution in [1.82, 2.24) is 5.32 Å². The Morgan fingerprint density at radius 3 is 2.61 bits per heavy atom. The molecule has 1 aromatic carbocycles. The summed E-state index contributed by atoms with van der Waals surface area (Å²) >= 11 is 0. The largest absolute Gasteiger partial charge is 0.457 e. The molecule has 0 radical (unpaired) electrons. The van der Waals surface area contributed by atoms with Crippen molar-refractivity contribution < 1.29 is 14.1 Å². The minimum atomic E-state index is -0.467. The zero-order chi connectivity index (χ0) is 20.1. The van der Waals surface area contributed by atoms with Crippen LogP contribution in [-0.2, 0) is 4.79 Å². The van der Waals surface area contributed by atoms with Gasteiger partial charge in [-0.2, -0.15) is 5.26 Å². The molecule has 7 nitrogen and oxygen atoms in total. The number of nitro groups is 1. The van der Waals surface area contributed by atoms with Crippen molar-refractivity contribution >= 4 is 17.7 Å².